The third-order valence-electron chi connectivity index (χ3n) is 3.57. The molecule has 0 fully saturated rings. The second-order valence-electron chi connectivity index (χ2n) is 5.37. The van der Waals surface area contributed by atoms with Gasteiger partial charge in [0.2, 0.25) is 0 Å². The monoisotopic (exact) mass is 341 g/mol. The van der Waals surface area contributed by atoms with E-state index in [1.807, 2.05) is 5.32 Å². The Balaban J connectivity index is 1.93. The van der Waals surface area contributed by atoms with Crippen molar-refractivity contribution in [2.45, 2.75) is 13.0 Å². The molecule has 3 amide bonds. The van der Waals surface area contributed by atoms with Crippen molar-refractivity contribution in [3.05, 3.63) is 59.7 Å². The van der Waals surface area contributed by atoms with Crippen LogP contribution in [-0.4, -0.2) is 24.8 Å². The molecule has 1 unspecified atom stereocenters. The Kier molecular flexibility index (Phi) is 5.73. The van der Waals surface area contributed by atoms with Gasteiger partial charge >= 0.3 is 11.8 Å². The first-order valence-corrected chi connectivity index (χ1v) is 7.56. The van der Waals surface area contributed by atoms with E-state index in [9.17, 15) is 14.4 Å². The summed E-state index contributed by atoms with van der Waals surface area (Å²) in [6, 6.07) is 12.7. The lowest BCUT2D eigenvalue weighted by Gasteiger charge is -2.14. The molecule has 7 nitrogen and oxygen atoms in total. The molecule has 0 saturated carbocycles. The van der Waals surface area contributed by atoms with Gasteiger partial charge in [0.1, 0.15) is 5.75 Å². The Morgan fingerprint density at radius 2 is 1.56 bits per heavy atom. The minimum absolute atomic E-state index is 0.235. The van der Waals surface area contributed by atoms with E-state index >= 15 is 0 Å². The molecular weight excluding hydrogens is 322 g/mol. The summed E-state index contributed by atoms with van der Waals surface area (Å²) >= 11 is 0. The van der Waals surface area contributed by atoms with Crippen LogP contribution in [0.4, 0.5) is 5.69 Å². The molecule has 0 spiro atoms. The Bertz CT molecular complexity index is 770. The second kappa shape index (κ2) is 7.96. The van der Waals surface area contributed by atoms with Gasteiger partial charge in [0, 0.05) is 11.3 Å². The van der Waals surface area contributed by atoms with Crippen LogP contribution in [0.2, 0.25) is 0 Å². The van der Waals surface area contributed by atoms with Gasteiger partial charge in [-0.15, -0.1) is 0 Å². The van der Waals surface area contributed by atoms with Gasteiger partial charge in [-0.3, -0.25) is 19.7 Å². The van der Waals surface area contributed by atoms with Gasteiger partial charge in [0.05, 0.1) is 13.2 Å². The summed E-state index contributed by atoms with van der Waals surface area (Å²) < 4.78 is 5.06. The van der Waals surface area contributed by atoms with Crippen molar-refractivity contribution in [3.63, 3.8) is 0 Å². The van der Waals surface area contributed by atoms with Crippen LogP contribution in [0, 0.1) is 0 Å². The van der Waals surface area contributed by atoms with Gasteiger partial charge in [-0.2, -0.15) is 0 Å². The number of hydrogen-bond acceptors (Lipinski definition) is 5. The van der Waals surface area contributed by atoms with E-state index < -0.39 is 23.8 Å². The third kappa shape index (κ3) is 4.81. The summed E-state index contributed by atoms with van der Waals surface area (Å²) in [6.45, 7) is 1.73. The van der Waals surface area contributed by atoms with E-state index in [1.54, 1.807) is 38.3 Å². The first-order chi connectivity index (χ1) is 11.9. The average Bonchev–Trinajstić information content (AvgIpc) is 2.62. The lowest BCUT2D eigenvalue weighted by atomic mass is 10.1. The van der Waals surface area contributed by atoms with Gasteiger partial charge in [-0.1, -0.05) is 12.1 Å². The number of hydrogen-bond donors (Lipinski definition) is 3. The van der Waals surface area contributed by atoms with E-state index in [0.717, 1.165) is 5.56 Å². The van der Waals surface area contributed by atoms with Crippen molar-refractivity contribution in [1.29, 1.82) is 0 Å². The van der Waals surface area contributed by atoms with Crippen LogP contribution in [0.15, 0.2) is 48.5 Å². The topological polar surface area (TPSA) is 111 Å². The molecule has 0 heterocycles. The largest absolute Gasteiger partial charge is 0.497 e. The molecule has 2 aromatic carbocycles. The summed E-state index contributed by atoms with van der Waals surface area (Å²) in [5, 5.41) is 4.58. The van der Waals surface area contributed by atoms with E-state index in [4.69, 9.17) is 10.5 Å². The standard InChI is InChI=1S/C18H19N3O4/c1-11(12-5-9-15(25-2)10-6-12)20-17(23)18(24)21-16(22)13-3-7-14(19)8-4-13/h3-11H,19H2,1-2H3,(H,20,23)(H,21,22,24). The maximum absolute atomic E-state index is 12.0. The Morgan fingerprint density at radius 3 is 2.12 bits per heavy atom. The summed E-state index contributed by atoms with van der Waals surface area (Å²) in [4.78, 5) is 35.8. The van der Waals surface area contributed by atoms with Crippen LogP contribution in [0.5, 0.6) is 5.75 Å². The van der Waals surface area contributed by atoms with Crippen molar-refractivity contribution >= 4 is 23.4 Å². The molecule has 25 heavy (non-hydrogen) atoms. The number of carbonyl (C=O) groups is 3. The maximum Gasteiger partial charge on any atom is 0.316 e. The molecule has 1 atom stereocenters. The number of ether oxygens (including phenoxy) is 1. The number of methoxy groups -OCH3 is 1. The number of benzene rings is 2. The molecule has 0 radical (unpaired) electrons. The number of carbonyl (C=O) groups excluding carboxylic acids is 3. The minimum atomic E-state index is -1.03. The Labute approximate surface area is 145 Å². The maximum atomic E-state index is 12.0. The molecule has 4 N–H and O–H groups in total. The van der Waals surface area contributed by atoms with Crippen LogP contribution in [-0.2, 0) is 9.59 Å². The van der Waals surface area contributed by atoms with Gasteiger partial charge in [-0.25, -0.2) is 0 Å². The first kappa shape index (κ1) is 18.0. The highest BCUT2D eigenvalue weighted by Gasteiger charge is 2.20. The fourth-order valence-corrected chi connectivity index (χ4v) is 2.10. The van der Waals surface area contributed by atoms with E-state index in [1.165, 1.54) is 24.3 Å². The number of nitrogen functional groups attached to an aromatic ring is 1. The molecule has 0 saturated heterocycles. The van der Waals surface area contributed by atoms with Crippen molar-refractivity contribution in [3.8, 4) is 5.75 Å². The molecule has 2 aromatic rings. The van der Waals surface area contributed by atoms with Crippen molar-refractivity contribution in [2.24, 2.45) is 0 Å². The normalized spacial score (nSPS) is 11.3. The summed E-state index contributed by atoms with van der Waals surface area (Å²) in [6.07, 6.45) is 0. The highest BCUT2D eigenvalue weighted by molar-refractivity contribution is 6.38. The predicted octanol–water partition coefficient (Wildman–Crippen LogP) is 1.41. The molecule has 7 heteroatoms. The summed E-state index contributed by atoms with van der Waals surface area (Å²) in [5.41, 5.74) is 7.06. The molecular formula is C18H19N3O4. The molecule has 130 valence electrons. The summed E-state index contributed by atoms with van der Waals surface area (Å²) in [5.74, 6) is -1.90. The molecule has 0 aromatic heterocycles. The molecule has 2 rings (SSSR count). The number of anilines is 1. The van der Waals surface area contributed by atoms with E-state index in [0.29, 0.717) is 11.4 Å². The predicted molar refractivity (Wildman–Crippen MR) is 92.9 cm³/mol. The SMILES string of the molecule is COc1ccc(C(C)NC(=O)C(=O)NC(=O)c2ccc(N)cc2)cc1. The molecule has 0 aliphatic rings. The number of nitrogens with one attached hydrogen (secondary N) is 2. The van der Waals surface area contributed by atoms with Crippen molar-refractivity contribution < 1.29 is 19.1 Å². The third-order valence-corrected chi connectivity index (χ3v) is 3.57. The van der Waals surface area contributed by atoms with Gasteiger partial charge in [-0.05, 0) is 48.9 Å². The zero-order valence-corrected chi connectivity index (χ0v) is 13.9. The van der Waals surface area contributed by atoms with Crippen molar-refractivity contribution in [2.75, 3.05) is 12.8 Å². The number of nitrogens with two attached hydrogens (primary N) is 1. The highest BCUT2D eigenvalue weighted by Crippen LogP contribution is 2.17. The van der Waals surface area contributed by atoms with E-state index in [-0.39, 0.29) is 5.56 Å². The first-order valence-electron chi connectivity index (χ1n) is 7.56. The highest BCUT2D eigenvalue weighted by atomic mass is 16.5. The van der Waals surface area contributed by atoms with Crippen LogP contribution in [0.25, 0.3) is 0 Å². The lowest BCUT2D eigenvalue weighted by molar-refractivity contribution is -0.139. The lowest BCUT2D eigenvalue weighted by Crippen LogP contribution is -2.43. The number of amides is 3. The second-order valence-corrected chi connectivity index (χ2v) is 5.37. The van der Waals surface area contributed by atoms with Gasteiger partial charge < -0.3 is 15.8 Å². The Hall–Kier alpha value is -3.35. The Morgan fingerprint density at radius 1 is 0.960 bits per heavy atom. The quantitative estimate of drug-likeness (QED) is 0.575. The summed E-state index contributed by atoms with van der Waals surface area (Å²) in [7, 11) is 1.56. The minimum Gasteiger partial charge on any atom is -0.497 e. The van der Waals surface area contributed by atoms with Crippen LogP contribution >= 0.6 is 0 Å². The van der Waals surface area contributed by atoms with Crippen LogP contribution in [0.3, 0.4) is 0 Å². The fourth-order valence-electron chi connectivity index (χ4n) is 2.10. The average molecular weight is 341 g/mol. The van der Waals surface area contributed by atoms with Crippen LogP contribution < -0.4 is 21.1 Å². The van der Waals surface area contributed by atoms with E-state index in [2.05, 4.69) is 5.32 Å². The zero-order chi connectivity index (χ0) is 18.4. The fraction of sp³-hybridized carbons (Fsp3) is 0.167. The molecule has 0 aliphatic carbocycles. The number of rotatable bonds is 4. The van der Waals surface area contributed by atoms with Crippen LogP contribution in [0.1, 0.15) is 28.9 Å². The van der Waals surface area contributed by atoms with Crippen molar-refractivity contribution in [1.82, 2.24) is 10.6 Å². The molecule has 0 bridgehead atoms. The zero-order valence-electron chi connectivity index (χ0n) is 13.9. The van der Waals surface area contributed by atoms with Gasteiger partial charge in [0.15, 0.2) is 0 Å². The smallest absolute Gasteiger partial charge is 0.316 e. The molecule has 0 aliphatic heterocycles. The number of imide groups is 1. The van der Waals surface area contributed by atoms with Gasteiger partial charge in [0.25, 0.3) is 5.91 Å².